The second-order valence-electron chi connectivity index (χ2n) is 5.96. The van der Waals surface area contributed by atoms with E-state index in [2.05, 4.69) is 5.32 Å². The van der Waals surface area contributed by atoms with Gasteiger partial charge in [0.1, 0.15) is 35.4 Å². The number of aliphatic hydroxyl groups is 4. The minimum absolute atomic E-state index is 0.0121. The molecule has 0 radical (unpaired) electrons. The molecule has 1 rings (SSSR count). The van der Waals surface area contributed by atoms with E-state index in [0.717, 1.165) is 18.9 Å². The first-order chi connectivity index (χ1) is 12.2. The molecular weight excluding hydrogens is 346 g/mol. The zero-order valence-electron chi connectivity index (χ0n) is 15.1. The summed E-state index contributed by atoms with van der Waals surface area (Å²) in [7, 11) is 0. The first-order valence-corrected chi connectivity index (χ1v) is 8.46. The predicted octanol–water partition coefficient (Wildman–Crippen LogP) is -0.203. The fourth-order valence-corrected chi connectivity index (χ4v) is 2.31. The van der Waals surface area contributed by atoms with Gasteiger partial charge < -0.3 is 34.9 Å². The lowest BCUT2D eigenvalue weighted by Gasteiger charge is -2.19. The molecule has 0 saturated heterocycles. The van der Waals surface area contributed by atoms with Crippen LogP contribution in [-0.4, -0.2) is 63.8 Å². The maximum atomic E-state index is 12.1. The zero-order valence-corrected chi connectivity index (χ0v) is 15.1. The summed E-state index contributed by atoms with van der Waals surface area (Å²) in [6.07, 6.45) is -3.38. The molecule has 0 fully saturated rings. The summed E-state index contributed by atoms with van der Waals surface area (Å²) in [4.78, 5) is 23.9. The van der Waals surface area contributed by atoms with Gasteiger partial charge in [-0.2, -0.15) is 0 Å². The lowest BCUT2D eigenvalue weighted by Crippen LogP contribution is -2.36. The van der Waals surface area contributed by atoms with Crippen molar-refractivity contribution >= 4 is 11.9 Å². The summed E-state index contributed by atoms with van der Waals surface area (Å²) in [5.74, 6) is -1.29. The number of hydrogen-bond donors (Lipinski definition) is 5. The van der Waals surface area contributed by atoms with Crippen molar-refractivity contribution in [1.82, 2.24) is 5.32 Å². The number of rotatable bonds is 10. The molecule has 148 valence electrons. The van der Waals surface area contributed by atoms with Gasteiger partial charge in [-0.3, -0.25) is 4.79 Å². The number of ether oxygens (including phenoxy) is 1. The van der Waals surface area contributed by atoms with E-state index in [4.69, 9.17) is 14.3 Å². The number of carbonyl (C=O) groups excluding carboxylic acids is 2. The minimum atomic E-state index is -1.69. The van der Waals surface area contributed by atoms with Crippen LogP contribution in [0.4, 0.5) is 0 Å². The molecule has 1 amide bonds. The minimum Gasteiger partial charge on any atom is -0.463 e. The van der Waals surface area contributed by atoms with Gasteiger partial charge in [-0.25, -0.2) is 4.79 Å². The average molecular weight is 373 g/mol. The number of furan rings is 1. The van der Waals surface area contributed by atoms with Crippen LogP contribution in [-0.2, 0) is 9.53 Å². The van der Waals surface area contributed by atoms with Crippen molar-refractivity contribution in [3.63, 3.8) is 0 Å². The molecule has 0 bridgehead atoms. The highest BCUT2D eigenvalue weighted by Crippen LogP contribution is 2.25. The Bertz CT molecular complexity index is 596. The van der Waals surface area contributed by atoms with E-state index in [1.54, 1.807) is 0 Å². The predicted molar refractivity (Wildman–Crippen MR) is 90.3 cm³/mol. The van der Waals surface area contributed by atoms with Gasteiger partial charge in [-0.1, -0.05) is 13.8 Å². The third-order valence-corrected chi connectivity index (χ3v) is 4.04. The van der Waals surface area contributed by atoms with E-state index in [1.807, 2.05) is 13.8 Å². The lowest BCUT2D eigenvalue weighted by atomic mass is 10.1. The standard InChI is InChI=1S/C17H27NO8/c1-4-10(5-2)18-14(21)8-25-17(24)11-6-13(26-9(11)3)16(23)15(22)12(20)7-19/h6,10,12,15-16,19-20,22-23H,4-5,7-8H2,1-3H3,(H,18,21)/t12-,15+,16+/m1/s1. The van der Waals surface area contributed by atoms with Crippen LogP contribution >= 0.6 is 0 Å². The molecule has 9 nitrogen and oxygen atoms in total. The molecular formula is C17H27NO8. The summed E-state index contributed by atoms with van der Waals surface area (Å²) < 4.78 is 10.2. The molecule has 0 aliphatic heterocycles. The summed E-state index contributed by atoms with van der Waals surface area (Å²) in [6, 6.07) is 1.17. The number of aliphatic hydroxyl groups excluding tert-OH is 4. The highest BCUT2D eigenvalue weighted by molar-refractivity contribution is 5.92. The van der Waals surface area contributed by atoms with Gasteiger partial charge in [-0.15, -0.1) is 0 Å². The molecule has 1 aromatic rings. The average Bonchev–Trinajstić information content (AvgIpc) is 3.03. The van der Waals surface area contributed by atoms with Crippen LogP contribution in [0.15, 0.2) is 10.5 Å². The largest absolute Gasteiger partial charge is 0.463 e. The van der Waals surface area contributed by atoms with Crippen LogP contribution in [0.3, 0.4) is 0 Å². The van der Waals surface area contributed by atoms with Crippen molar-refractivity contribution in [1.29, 1.82) is 0 Å². The lowest BCUT2D eigenvalue weighted by molar-refractivity contribution is -0.125. The Morgan fingerprint density at radius 1 is 1.23 bits per heavy atom. The molecule has 1 heterocycles. The van der Waals surface area contributed by atoms with Crippen LogP contribution in [0.25, 0.3) is 0 Å². The molecule has 5 N–H and O–H groups in total. The molecule has 1 aromatic heterocycles. The van der Waals surface area contributed by atoms with Crippen LogP contribution in [0, 0.1) is 6.92 Å². The van der Waals surface area contributed by atoms with E-state index in [-0.39, 0.29) is 23.1 Å². The SMILES string of the molecule is CCC(CC)NC(=O)COC(=O)c1cc([C@H](O)[C@@H](O)[C@H](O)CO)oc1C. The number of hydrogen-bond acceptors (Lipinski definition) is 8. The quantitative estimate of drug-likeness (QED) is 0.354. The number of carbonyl (C=O) groups is 2. The third kappa shape index (κ3) is 5.80. The molecule has 0 unspecified atom stereocenters. The van der Waals surface area contributed by atoms with Crippen molar-refractivity contribution in [2.75, 3.05) is 13.2 Å². The molecule has 0 spiro atoms. The Balaban J connectivity index is 2.71. The van der Waals surface area contributed by atoms with Crippen molar-refractivity contribution in [3.05, 3.63) is 23.2 Å². The van der Waals surface area contributed by atoms with E-state index in [1.165, 1.54) is 6.92 Å². The number of nitrogens with one attached hydrogen (secondary N) is 1. The highest BCUT2D eigenvalue weighted by Gasteiger charge is 2.30. The molecule has 0 aliphatic rings. The molecule has 0 aromatic carbocycles. The van der Waals surface area contributed by atoms with Crippen LogP contribution < -0.4 is 5.32 Å². The molecule has 9 heteroatoms. The van der Waals surface area contributed by atoms with E-state index >= 15 is 0 Å². The fraction of sp³-hybridized carbons (Fsp3) is 0.647. The molecule has 3 atom stereocenters. The normalized spacial score (nSPS) is 14.8. The van der Waals surface area contributed by atoms with E-state index < -0.39 is 43.4 Å². The number of aryl methyl sites for hydroxylation is 1. The molecule has 0 aliphatic carbocycles. The Labute approximate surface area is 151 Å². The summed E-state index contributed by atoms with van der Waals surface area (Å²) in [5.41, 5.74) is -0.0138. The van der Waals surface area contributed by atoms with Gasteiger partial charge >= 0.3 is 5.97 Å². The molecule has 0 saturated carbocycles. The van der Waals surface area contributed by atoms with Gasteiger partial charge in [0.15, 0.2) is 6.61 Å². The van der Waals surface area contributed by atoms with Gasteiger partial charge in [-0.05, 0) is 25.8 Å². The summed E-state index contributed by atoms with van der Waals surface area (Å²) >= 11 is 0. The highest BCUT2D eigenvalue weighted by atomic mass is 16.5. The van der Waals surface area contributed by atoms with Crippen molar-refractivity contribution < 1.29 is 39.2 Å². The van der Waals surface area contributed by atoms with E-state index in [0.29, 0.717) is 0 Å². The Morgan fingerprint density at radius 3 is 2.38 bits per heavy atom. The monoisotopic (exact) mass is 373 g/mol. The first kappa shape index (κ1) is 22.1. The summed E-state index contributed by atoms with van der Waals surface area (Å²) in [6.45, 7) is 4.11. The van der Waals surface area contributed by atoms with Crippen LogP contribution in [0.2, 0.25) is 0 Å². The topological polar surface area (TPSA) is 149 Å². The Hall–Kier alpha value is -1.94. The number of amides is 1. The van der Waals surface area contributed by atoms with Crippen LogP contribution in [0.5, 0.6) is 0 Å². The maximum absolute atomic E-state index is 12.1. The van der Waals surface area contributed by atoms with E-state index in [9.17, 15) is 24.9 Å². The second kappa shape index (κ2) is 10.3. The van der Waals surface area contributed by atoms with Crippen LogP contribution in [0.1, 0.15) is 54.7 Å². The van der Waals surface area contributed by atoms with Gasteiger partial charge in [0, 0.05) is 6.04 Å². The van der Waals surface area contributed by atoms with Crippen molar-refractivity contribution in [3.8, 4) is 0 Å². The zero-order chi connectivity index (χ0) is 19.9. The second-order valence-corrected chi connectivity index (χ2v) is 5.96. The Morgan fingerprint density at radius 2 is 1.85 bits per heavy atom. The van der Waals surface area contributed by atoms with Gasteiger partial charge in [0.05, 0.1) is 6.61 Å². The third-order valence-electron chi connectivity index (χ3n) is 4.04. The fourth-order valence-electron chi connectivity index (χ4n) is 2.31. The van der Waals surface area contributed by atoms with Gasteiger partial charge in [0.25, 0.3) is 5.91 Å². The molecule has 26 heavy (non-hydrogen) atoms. The van der Waals surface area contributed by atoms with Crippen molar-refractivity contribution in [2.24, 2.45) is 0 Å². The van der Waals surface area contributed by atoms with Crippen molar-refractivity contribution in [2.45, 2.75) is 58.0 Å². The van der Waals surface area contributed by atoms with Gasteiger partial charge in [0.2, 0.25) is 0 Å². The Kier molecular flexibility index (Phi) is 8.73. The smallest absolute Gasteiger partial charge is 0.342 e. The summed E-state index contributed by atoms with van der Waals surface area (Å²) in [5, 5.41) is 40.5. The first-order valence-electron chi connectivity index (χ1n) is 8.46. The number of esters is 1. The maximum Gasteiger partial charge on any atom is 0.342 e.